The highest BCUT2D eigenvalue weighted by atomic mass is 32.2. The van der Waals surface area contributed by atoms with E-state index >= 15 is 0 Å². The lowest BCUT2D eigenvalue weighted by Crippen LogP contribution is -2.18. The monoisotopic (exact) mass is 306 g/mol. The van der Waals surface area contributed by atoms with Crippen molar-refractivity contribution >= 4 is 11.8 Å². The van der Waals surface area contributed by atoms with Crippen molar-refractivity contribution in [2.24, 2.45) is 0 Å². The standard InChI is InChI=1S/C14H18N4O2S/c19-13(9-20-8-11-4-2-1-3-5-11)10-21-14-15-16-17-18(14)12-6-7-12/h1-5,12-13,19H,6-10H2. The molecule has 1 unspecified atom stereocenters. The van der Waals surface area contributed by atoms with E-state index in [-0.39, 0.29) is 0 Å². The van der Waals surface area contributed by atoms with Crippen LogP contribution in [0.5, 0.6) is 0 Å². The average molecular weight is 306 g/mol. The summed E-state index contributed by atoms with van der Waals surface area (Å²) in [5, 5.41) is 22.4. The largest absolute Gasteiger partial charge is 0.390 e. The van der Waals surface area contributed by atoms with Gasteiger partial charge in [-0.2, -0.15) is 0 Å². The van der Waals surface area contributed by atoms with Gasteiger partial charge in [0.1, 0.15) is 0 Å². The Hall–Kier alpha value is -1.44. The fourth-order valence-electron chi connectivity index (χ4n) is 1.93. The summed E-state index contributed by atoms with van der Waals surface area (Å²) in [5.74, 6) is 0.530. The van der Waals surface area contributed by atoms with E-state index in [0.717, 1.165) is 23.6 Å². The topological polar surface area (TPSA) is 73.1 Å². The maximum absolute atomic E-state index is 9.95. The van der Waals surface area contributed by atoms with Gasteiger partial charge in [0.2, 0.25) is 5.16 Å². The first-order valence-electron chi connectivity index (χ1n) is 7.03. The lowest BCUT2D eigenvalue weighted by Gasteiger charge is -2.10. The summed E-state index contributed by atoms with van der Waals surface area (Å²) in [7, 11) is 0. The summed E-state index contributed by atoms with van der Waals surface area (Å²) < 4.78 is 7.37. The number of benzene rings is 1. The average Bonchev–Trinajstić information content (AvgIpc) is 3.25. The van der Waals surface area contributed by atoms with Crippen LogP contribution in [-0.2, 0) is 11.3 Å². The molecule has 112 valence electrons. The Balaban J connectivity index is 1.38. The zero-order valence-electron chi connectivity index (χ0n) is 11.6. The van der Waals surface area contributed by atoms with Crippen LogP contribution in [-0.4, -0.2) is 43.8 Å². The Kier molecular flexibility index (Phi) is 4.84. The first-order chi connectivity index (χ1) is 10.3. The second kappa shape index (κ2) is 7.02. The van der Waals surface area contributed by atoms with Crippen LogP contribution in [0.2, 0.25) is 0 Å². The summed E-state index contributed by atoms with van der Waals surface area (Å²) in [6, 6.07) is 10.4. The number of hydrogen-bond acceptors (Lipinski definition) is 6. The van der Waals surface area contributed by atoms with E-state index in [1.165, 1.54) is 11.8 Å². The minimum Gasteiger partial charge on any atom is -0.390 e. The van der Waals surface area contributed by atoms with Gasteiger partial charge in [-0.05, 0) is 28.8 Å². The molecule has 0 spiro atoms. The Bertz CT molecular complexity index is 559. The van der Waals surface area contributed by atoms with Gasteiger partial charge >= 0.3 is 0 Å². The van der Waals surface area contributed by atoms with Crippen LogP contribution in [0, 0.1) is 0 Å². The number of ether oxygens (including phenoxy) is 1. The molecule has 1 atom stereocenters. The Morgan fingerprint density at radius 2 is 2.14 bits per heavy atom. The van der Waals surface area contributed by atoms with Crippen LogP contribution in [0.3, 0.4) is 0 Å². The maximum atomic E-state index is 9.95. The van der Waals surface area contributed by atoms with Crippen molar-refractivity contribution in [1.82, 2.24) is 20.2 Å². The molecule has 1 heterocycles. The fraction of sp³-hybridized carbons (Fsp3) is 0.500. The molecule has 1 fully saturated rings. The quantitative estimate of drug-likeness (QED) is 0.748. The SMILES string of the molecule is OC(COCc1ccccc1)CSc1nnnn1C1CC1. The first kappa shape index (κ1) is 14.5. The second-order valence-electron chi connectivity index (χ2n) is 5.10. The van der Waals surface area contributed by atoms with Crippen molar-refractivity contribution in [1.29, 1.82) is 0 Å². The van der Waals surface area contributed by atoms with Crippen LogP contribution >= 0.6 is 11.8 Å². The molecular formula is C14H18N4O2S. The summed E-state index contributed by atoms with van der Waals surface area (Å²) in [4.78, 5) is 0. The zero-order chi connectivity index (χ0) is 14.5. The van der Waals surface area contributed by atoms with Crippen molar-refractivity contribution in [2.45, 2.75) is 36.8 Å². The van der Waals surface area contributed by atoms with E-state index in [1.54, 1.807) is 0 Å². The number of thioether (sulfide) groups is 1. The van der Waals surface area contributed by atoms with E-state index in [4.69, 9.17) is 4.74 Å². The molecule has 0 radical (unpaired) electrons. The normalized spacial score (nSPS) is 16.0. The van der Waals surface area contributed by atoms with Crippen molar-refractivity contribution in [3.05, 3.63) is 35.9 Å². The molecule has 3 rings (SSSR count). The Labute approximate surface area is 127 Å². The molecule has 0 saturated heterocycles. The number of nitrogens with zero attached hydrogens (tertiary/aromatic N) is 4. The van der Waals surface area contributed by atoms with Crippen LogP contribution in [0.15, 0.2) is 35.5 Å². The van der Waals surface area contributed by atoms with Crippen LogP contribution in [0.25, 0.3) is 0 Å². The van der Waals surface area contributed by atoms with Crippen molar-refractivity contribution in [3.63, 3.8) is 0 Å². The molecule has 1 saturated carbocycles. The van der Waals surface area contributed by atoms with E-state index in [2.05, 4.69) is 15.5 Å². The second-order valence-corrected chi connectivity index (χ2v) is 6.09. The fourth-order valence-corrected chi connectivity index (χ4v) is 2.78. The van der Waals surface area contributed by atoms with Crippen molar-refractivity contribution < 1.29 is 9.84 Å². The van der Waals surface area contributed by atoms with Gasteiger partial charge in [0.25, 0.3) is 0 Å². The van der Waals surface area contributed by atoms with Crippen LogP contribution in [0.1, 0.15) is 24.4 Å². The number of rotatable bonds is 8. The van der Waals surface area contributed by atoms with Gasteiger partial charge < -0.3 is 9.84 Å². The number of aromatic nitrogens is 4. The Morgan fingerprint density at radius 3 is 2.90 bits per heavy atom. The number of aliphatic hydroxyl groups excluding tert-OH is 1. The molecule has 1 N–H and O–H groups in total. The van der Waals surface area contributed by atoms with Crippen molar-refractivity contribution in [2.75, 3.05) is 12.4 Å². The van der Waals surface area contributed by atoms with Gasteiger partial charge in [-0.25, -0.2) is 4.68 Å². The van der Waals surface area contributed by atoms with Gasteiger partial charge in [0.15, 0.2) is 0 Å². The van der Waals surface area contributed by atoms with E-state index < -0.39 is 6.10 Å². The van der Waals surface area contributed by atoms with Crippen LogP contribution in [0.4, 0.5) is 0 Å². The predicted molar refractivity (Wildman–Crippen MR) is 78.9 cm³/mol. The molecule has 0 aliphatic heterocycles. The summed E-state index contributed by atoms with van der Waals surface area (Å²) in [6.07, 6.45) is 1.76. The van der Waals surface area contributed by atoms with Gasteiger partial charge in [0, 0.05) is 5.75 Å². The summed E-state index contributed by atoms with van der Waals surface area (Å²) in [5.41, 5.74) is 1.11. The summed E-state index contributed by atoms with van der Waals surface area (Å²) in [6.45, 7) is 0.829. The maximum Gasteiger partial charge on any atom is 0.209 e. The lowest BCUT2D eigenvalue weighted by atomic mass is 10.2. The molecular weight excluding hydrogens is 288 g/mol. The number of aliphatic hydroxyl groups is 1. The molecule has 1 aromatic heterocycles. The number of hydrogen-bond donors (Lipinski definition) is 1. The van der Waals surface area contributed by atoms with Crippen LogP contribution < -0.4 is 0 Å². The number of tetrazole rings is 1. The minimum absolute atomic E-state index is 0.312. The zero-order valence-corrected chi connectivity index (χ0v) is 12.4. The molecule has 1 aliphatic rings. The third-order valence-corrected chi connectivity index (χ3v) is 4.26. The van der Waals surface area contributed by atoms with Gasteiger partial charge in [0.05, 0.1) is 25.4 Å². The lowest BCUT2D eigenvalue weighted by molar-refractivity contribution is 0.0397. The molecule has 0 amide bonds. The third-order valence-electron chi connectivity index (χ3n) is 3.18. The highest BCUT2D eigenvalue weighted by Gasteiger charge is 2.28. The smallest absolute Gasteiger partial charge is 0.209 e. The first-order valence-corrected chi connectivity index (χ1v) is 8.02. The highest BCUT2D eigenvalue weighted by Crippen LogP contribution is 2.36. The van der Waals surface area contributed by atoms with Gasteiger partial charge in [-0.15, -0.1) is 5.10 Å². The Morgan fingerprint density at radius 1 is 1.33 bits per heavy atom. The molecule has 6 nitrogen and oxygen atoms in total. The summed E-state index contributed by atoms with van der Waals surface area (Å²) >= 11 is 1.47. The molecule has 1 aromatic carbocycles. The molecule has 7 heteroatoms. The third kappa shape index (κ3) is 4.26. The van der Waals surface area contributed by atoms with Gasteiger partial charge in [-0.3, -0.25) is 0 Å². The molecule has 0 bridgehead atoms. The molecule has 1 aliphatic carbocycles. The van der Waals surface area contributed by atoms with E-state index in [1.807, 2.05) is 35.0 Å². The predicted octanol–water partition coefficient (Wildman–Crippen LogP) is 1.68. The molecule has 2 aromatic rings. The van der Waals surface area contributed by atoms with E-state index in [0.29, 0.717) is 25.0 Å². The molecule has 21 heavy (non-hydrogen) atoms. The van der Waals surface area contributed by atoms with Gasteiger partial charge in [-0.1, -0.05) is 42.1 Å². The highest BCUT2D eigenvalue weighted by molar-refractivity contribution is 7.99. The minimum atomic E-state index is -0.525. The van der Waals surface area contributed by atoms with E-state index in [9.17, 15) is 5.11 Å². The van der Waals surface area contributed by atoms with Crippen molar-refractivity contribution in [3.8, 4) is 0 Å².